The zero-order valence-electron chi connectivity index (χ0n) is 10.8. The molecule has 6 nitrogen and oxygen atoms in total. The second kappa shape index (κ2) is 5.91. The van der Waals surface area contributed by atoms with Crippen LogP contribution in [0.15, 0.2) is 29.2 Å². The molecule has 2 aromatic rings. The molecule has 0 aliphatic heterocycles. The van der Waals surface area contributed by atoms with Crippen LogP contribution in [0, 0.1) is 18.8 Å². The van der Waals surface area contributed by atoms with Crippen LogP contribution in [-0.4, -0.2) is 27.6 Å². The molecular weight excluding hydrogens is 258 g/mol. The van der Waals surface area contributed by atoms with Crippen LogP contribution < -0.4 is 11.0 Å². The van der Waals surface area contributed by atoms with Crippen molar-refractivity contribution >= 4 is 11.6 Å². The van der Waals surface area contributed by atoms with E-state index in [0.29, 0.717) is 11.3 Å². The fourth-order valence-corrected chi connectivity index (χ4v) is 1.62. The Morgan fingerprint density at radius 2 is 2.25 bits per heavy atom. The average Bonchev–Trinajstić information content (AvgIpc) is 2.86. The normalized spacial score (nSPS) is 9.70. The second-order valence-corrected chi connectivity index (χ2v) is 4.10. The number of hydrogen-bond acceptors (Lipinski definition) is 3. The van der Waals surface area contributed by atoms with E-state index in [-0.39, 0.29) is 12.3 Å². The summed E-state index contributed by atoms with van der Waals surface area (Å²) in [5, 5.41) is 11.4. The van der Waals surface area contributed by atoms with Crippen molar-refractivity contribution < 1.29 is 9.90 Å². The largest absolute Gasteiger partial charge is 0.384 e. The van der Waals surface area contributed by atoms with E-state index in [2.05, 4.69) is 27.1 Å². The maximum atomic E-state index is 11.9. The number of nitrogens with one attached hydrogen (secondary N) is 3. The van der Waals surface area contributed by atoms with E-state index in [1.54, 1.807) is 12.1 Å². The molecule has 6 heteroatoms. The van der Waals surface area contributed by atoms with E-state index in [0.717, 1.165) is 5.56 Å². The summed E-state index contributed by atoms with van der Waals surface area (Å²) in [7, 11) is 0. The van der Waals surface area contributed by atoms with E-state index in [9.17, 15) is 9.59 Å². The third kappa shape index (κ3) is 3.16. The van der Waals surface area contributed by atoms with Gasteiger partial charge in [-0.15, -0.1) is 0 Å². The van der Waals surface area contributed by atoms with Gasteiger partial charge in [-0.3, -0.25) is 4.79 Å². The van der Waals surface area contributed by atoms with Gasteiger partial charge in [0.1, 0.15) is 12.3 Å². The summed E-state index contributed by atoms with van der Waals surface area (Å²) in [6, 6.07) is 5.32. The number of carbonyl (C=O) groups is 1. The highest BCUT2D eigenvalue weighted by Gasteiger charge is 2.09. The Hall–Kier alpha value is -2.78. The van der Waals surface area contributed by atoms with Crippen LogP contribution in [0.1, 0.15) is 21.6 Å². The summed E-state index contributed by atoms with van der Waals surface area (Å²) in [4.78, 5) is 27.6. The quantitative estimate of drug-likeness (QED) is 0.602. The SMILES string of the molecule is Cc1ccc(C#CCO)cc1NC(=O)c1c[nH]c(=O)[nH]1. The predicted molar refractivity (Wildman–Crippen MR) is 74.5 cm³/mol. The van der Waals surface area contributed by atoms with Crippen LogP contribution in [-0.2, 0) is 0 Å². The molecule has 0 saturated heterocycles. The predicted octanol–water partition coefficient (Wildman–Crippen LogP) is 0.608. The molecule has 0 spiro atoms. The molecule has 4 N–H and O–H groups in total. The zero-order chi connectivity index (χ0) is 14.5. The fourth-order valence-electron chi connectivity index (χ4n) is 1.62. The number of aromatic nitrogens is 2. The first-order chi connectivity index (χ1) is 9.60. The number of rotatable bonds is 2. The van der Waals surface area contributed by atoms with E-state index in [1.165, 1.54) is 6.20 Å². The number of H-pyrrole nitrogens is 2. The van der Waals surface area contributed by atoms with Crippen molar-refractivity contribution in [3.8, 4) is 11.8 Å². The number of hydrogen-bond donors (Lipinski definition) is 4. The van der Waals surface area contributed by atoms with Crippen LogP contribution in [0.4, 0.5) is 5.69 Å². The minimum absolute atomic E-state index is 0.154. The molecule has 0 aliphatic rings. The summed E-state index contributed by atoms with van der Waals surface area (Å²) in [6.07, 6.45) is 1.31. The van der Waals surface area contributed by atoms with E-state index in [1.807, 2.05) is 13.0 Å². The van der Waals surface area contributed by atoms with Gasteiger partial charge < -0.3 is 20.4 Å². The Morgan fingerprint density at radius 3 is 2.90 bits per heavy atom. The number of aliphatic hydroxyl groups is 1. The van der Waals surface area contributed by atoms with Gasteiger partial charge in [0.15, 0.2) is 0 Å². The summed E-state index contributed by atoms with van der Waals surface area (Å²) >= 11 is 0. The molecule has 1 aromatic carbocycles. The fraction of sp³-hybridized carbons (Fsp3) is 0.143. The smallest absolute Gasteiger partial charge is 0.323 e. The molecule has 0 fully saturated rings. The summed E-state index contributed by atoms with van der Waals surface area (Å²) in [6.45, 7) is 1.62. The van der Waals surface area contributed by atoms with Crippen LogP contribution >= 0.6 is 0 Å². The Bertz CT molecular complexity index is 747. The lowest BCUT2D eigenvalue weighted by atomic mass is 10.1. The minimum Gasteiger partial charge on any atom is -0.384 e. The highest BCUT2D eigenvalue weighted by Crippen LogP contribution is 2.17. The molecule has 0 aliphatic carbocycles. The Balaban J connectivity index is 2.24. The number of aliphatic hydroxyl groups excluding tert-OH is 1. The van der Waals surface area contributed by atoms with Crippen LogP contribution in [0.2, 0.25) is 0 Å². The van der Waals surface area contributed by atoms with Crippen molar-refractivity contribution in [2.45, 2.75) is 6.92 Å². The number of imidazole rings is 1. The molecule has 0 bridgehead atoms. The van der Waals surface area contributed by atoms with Gasteiger partial charge in [0.25, 0.3) is 5.91 Å². The molecule has 1 heterocycles. The van der Waals surface area contributed by atoms with Crippen LogP contribution in [0.3, 0.4) is 0 Å². The number of aryl methyl sites for hydroxylation is 1. The molecule has 0 unspecified atom stereocenters. The van der Waals surface area contributed by atoms with E-state index in [4.69, 9.17) is 5.11 Å². The van der Waals surface area contributed by atoms with Gasteiger partial charge in [-0.05, 0) is 24.6 Å². The Kier molecular flexibility index (Phi) is 4.03. The van der Waals surface area contributed by atoms with Crippen LogP contribution in [0.5, 0.6) is 0 Å². The highest BCUT2D eigenvalue weighted by molar-refractivity contribution is 6.03. The monoisotopic (exact) mass is 271 g/mol. The van der Waals surface area contributed by atoms with Crippen molar-refractivity contribution in [3.63, 3.8) is 0 Å². The van der Waals surface area contributed by atoms with Gasteiger partial charge in [-0.25, -0.2) is 4.79 Å². The molecule has 102 valence electrons. The summed E-state index contributed by atoms with van der Waals surface area (Å²) < 4.78 is 0. The average molecular weight is 271 g/mol. The zero-order valence-corrected chi connectivity index (χ0v) is 10.8. The lowest BCUT2D eigenvalue weighted by Gasteiger charge is -2.07. The first-order valence-corrected chi connectivity index (χ1v) is 5.89. The topological polar surface area (TPSA) is 98.0 Å². The first-order valence-electron chi connectivity index (χ1n) is 5.89. The number of aromatic amines is 2. The number of anilines is 1. The van der Waals surface area contributed by atoms with Crippen molar-refractivity contribution in [2.24, 2.45) is 0 Å². The molecule has 1 amide bonds. The summed E-state index contributed by atoms with van der Waals surface area (Å²) in [5.74, 6) is 4.89. The summed E-state index contributed by atoms with van der Waals surface area (Å²) in [5.41, 5.74) is 1.87. The highest BCUT2D eigenvalue weighted by atomic mass is 16.2. The maximum Gasteiger partial charge on any atom is 0.323 e. The van der Waals surface area contributed by atoms with Gasteiger partial charge >= 0.3 is 5.69 Å². The molecule has 2 rings (SSSR count). The molecule has 20 heavy (non-hydrogen) atoms. The first kappa shape index (κ1) is 13.6. The van der Waals surface area contributed by atoms with Gasteiger partial charge in [-0.2, -0.15) is 0 Å². The minimum atomic E-state index is -0.436. The Morgan fingerprint density at radius 1 is 1.45 bits per heavy atom. The van der Waals surface area contributed by atoms with Gasteiger partial charge in [0, 0.05) is 17.4 Å². The third-order valence-electron chi connectivity index (χ3n) is 2.64. The van der Waals surface area contributed by atoms with Crippen molar-refractivity contribution in [3.05, 3.63) is 51.7 Å². The molecule has 0 saturated carbocycles. The Labute approximate surface area is 114 Å². The number of carbonyl (C=O) groups excluding carboxylic acids is 1. The lowest BCUT2D eigenvalue weighted by Crippen LogP contribution is -2.14. The molecule has 0 atom stereocenters. The number of amides is 1. The molecular formula is C14H13N3O3. The standard InChI is InChI=1S/C14H13N3O3/c1-9-4-5-10(3-2-6-18)7-11(9)16-13(19)12-8-15-14(20)17-12/h4-5,7-8,18H,6H2,1H3,(H,16,19)(H2,15,17,20). The lowest BCUT2D eigenvalue weighted by molar-refractivity contribution is 0.102. The third-order valence-corrected chi connectivity index (χ3v) is 2.64. The van der Waals surface area contributed by atoms with Crippen molar-refractivity contribution in [2.75, 3.05) is 11.9 Å². The van der Waals surface area contributed by atoms with Crippen LogP contribution in [0.25, 0.3) is 0 Å². The maximum absolute atomic E-state index is 11.9. The molecule has 1 aromatic heterocycles. The van der Waals surface area contributed by atoms with E-state index >= 15 is 0 Å². The molecule has 0 radical (unpaired) electrons. The van der Waals surface area contributed by atoms with Gasteiger partial charge in [0.2, 0.25) is 0 Å². The van der Waals surface area contributed by atoms with Crippen molar-refractivity contribution in [1.29, 1.82) is 0 Å². The number of benzene rings is 1. The van der Waals surface area contributed by atoms with Gasteiger partial charge in [0.05, 0.1) is 0 Å². The van der Waals surface area contributed by atoms with Gasteiger partial charge in [-0.1, -0.05) is 17.9 Å². The second-order valence-electron chi connectivity index (χ2n) is 4.10. The van der Waals surface area contributed by atoms with Crippen molar-refractivity contribution in [1.82, 2.24) is 9.97 Å². The van der Waals surface area contributed by atoms with E-state index < -0.39 is 11.6 Å².